The summed E-state index contributed by atoms with van der Waals surface area (Å²) in [6, 6.07) is 131. The highest BCUT2D eigenvalue weighted by Gasteiger charge is 2.47. The monoisotopic (exact) mass is 1600 g/mol. The fourth-order valence-electron chi connectivity index (χ4n) is 20.8. The lowest BCUT2D eigenvalue weighted by molar-refractivity contribution is 0.590. The first-order valence-electron chi connectivity index (χ1n) is 42.8. The highest BCUT2D eigenvalue weighted by atomic mass is 32.1. The van der Waals surface area contributed by atoms with E-state index in [4.69, 9.17) is 4.42 Å². The second-order valence-electron chi connectivity index (χ2n) is 37.1. The van der Waals surface area contributed by atoms with Crippen LogP contribution in [0.25, 0.3) is 184 Å². The molecule has 0 amide bonds. The van der Waals surface area contributed by atoms with E-state index in [1.54, 1.807) is 0 Å². The fraction of sp³-hybridized carbons (Fsp3) is 0.105. The van der Waals surface area contributed by atoms with Crippen LogP contribution in [0, 0.1) is 0 Å². The number of rotatable bonds is 4. The predicted molar refractivity (Wildman–Crippen MR) is 524 cm³/mol. The minimum atomic E-state index is -0.395. The Morgan fingerprint density at radius 3 is 1.06 bits per heavy atom. The molecule has 0 atom stereocenters. The molecule has 5 aromatic heterocycles. The van der Waals surface area contributed by atoms with Gasteiger partial charge >= 0.3 is 0 Å². The second-order valence-corrected chi connectivity index (χ2v) is 39.2. The predicted octanol–water partition coefficient (Wildman–Crippen LogP) is 30.8. The first kappa shape index (κ1) is 71.2. The minimum absolute atomic E-state index is 0.274. The Labute approximate surface area is 716 Å². The van der Waals surface area contributed by atoms with Crippen molar-refractivity contribution in [2.24, 2.45) is 0 Å². The van der Waals surface area contributed by atoms with Crippen molar-refractivity contribution in [2.45, 2.75) is 78.6 Å². The van der Waals surface area contributed by atoms with Crippen molar-refractivity contribution < 1.29 is 4.42 Å². The van der Waals surface area contributed by atoms with Gasteiger partial charge in [-0.3, -0.25) is 0 Å². The molecule has 13 bridgehead atoms. The lowest BCUT2D eigenvalue weighted by Gasteiger charge is -2.47. The van der Waals surface area contributed by atoms with Gasteiger partial charge in [-0.25, -0.2) is 0 Å². The highest BCUT2D eigenvalue weighted by molar-refractivity contribution is 7.27. The maximum absolute atomic E-state index is 6.87. The number of hydrogen-bond acceptors (Lipinski definition) is 5. The Balaban J connectivity index is 0.888. The molecule has 0 radical (unpaired) electrons. The molecule has 0 saturated carbocycles. The van der Waals surface area contributed by atoms with Crippen molar-refractivity contribution in [1.29, 1.82) is 0 Å². The lowest BCUT2D eigenvalue weighted by atomic mass is 9.33. The van der Waals surface area contributed by atoms with Crippen LogP contribution < -0.4 is 26.2 Å². The summed E-state index contributed by atoms with van der Waals surface area (Å²) in [6.45, 7) is 21.2. The Bertz CT molecular complexity index is 7820. The van der Waals surface area contributed by atoms with E-state index in [1.807, 2.05) is 22.7 Å². The first-order chi connectivity index (χ1) is 59.4. The maximum atomic E-state index is 6.87. The number of anilines is 6. The smallest absolute Gasteiger partial charge is 0.252 e. The summed E-state index contributed by atoms with van der Waals surface area (Å²) in [6.07, 6.45) is 0. The molecule has 0 saturated heterocycles. The van der Waals surface area contributed by atoms with Crippen molar-refractivity contribution in [1.82, 2.24) is 9.13 Å². The molecule has 17 aromatic carbocycles. The van der Waals surface area contributed by atoms with Crippen LogP contribution in [0.1, 0.15) is 79.0 Å². The Kier molecular flexibility index (Phi) is 15.1. The van der Waals surface area contributed by atoms with Gasteiger partial charge < -0.3 is 23.4 Å². The van der Waals surface area contributed by atoms with Gasteiger partial charge in [0.05, 0.1) is 42.8 Å². The molecule has 3 aliphatic rings. The zero-order valence-electron chi connectivity index (χ0n) is 69.4. The molecule has 0 spiro atoms. The van der Waals surface area contributed by atoms with Crippen LogP contribution in [-0.2, 0) is 16.2 Å². The van der Waals surface area contributed by atoms with Crippen molar-refractivity contribution in [3.63, 3.8) is 0 Å². The minimum Gasteiger partial charge on any atom is -0.456 e. The number of para-hydroxylation sites is 2. The van der Waals surface area contributed by atoms with Crippen molar-refractivity contribution in [3.05, 3.63) is 356 Å². The molecule has 3 aliphatic heterocycles. The number of thiophene rings is 2. The van der Waals surface area contributed by atoms with Crippen LogP contribution in [0.4, 0.5) is 34.1 Å². The molecule has 22 aromatic rings. The third-order valence-electron chi connectivity index (χ3n) is 26.8. The number of furan rings is 1. The zero-order chi connectivity index (χ0) is 81.7. The summed E-state index contributed by atoms with van der Waals surface area (Å²) >= 11 is 3.81. The third-order valence-corrected chi connectivity index (χ3v) is 29.2. The van der Waals surface area contributed by atoms with Gasteiger partial charge in [-0.2, -0.15) is 0 Å². The quantitative estimate of drug-likeness (QED) is 0.165. The van der Waals surface area contributed by atoms with Crippen molar-refractivity contribution in [3.8, 4) is 78.1 Å². The van der Waals surface area contributed by atoms with Gasteiger partial charge in [0.1, 0.15) is 11.2 Å². The molecule has 0 aliphatic carbocycles. The van der Waals surface area contributed by atoms with E-state index in [2.05, 4.69) is 421 Å². The van der Waals surface area contributed by atoms with Crippen LogP contribution in [0.5, 0.6) is 0 Å². The van der Waals surface area contributed by atoms with Gasteiger partial charge in [0.2, 0.25) is 0 Å². The highest BCUT2D eigenvalue weighted by Crippen LogP contribution is 2.58. The maximum Gasteiger partial charge on any atom is 0.252 e. The average Bonchev–Trinajstić information content (AvgIpc) is 0.724. The van der Waals surface area contributed by atoms with Gasteiger partial charge in [0, 0.05) is 120 Å². The van der Waals surface area contributed by atoms with E-state index < -0.39 is 5.41 Å². The van der Waals surface area contributed by atoms with Gasteiger partial charge in [-0.15, -0.1) is 22.7 Å². The fourth-order valence-corrected chi connectivity index (χ4v) is 23.2. The summed E-state index contributed by atoms with van der Waals surface area (Å²) in [4.78, 5) is 5.56. The SMILES string of the molecule is CC(C)(C)c1cc(-c2ccccc2)c2c(c1)-c1cccc(c1)-c1ccc3oc4ccc(cc4c3c1)-c1cccc(c1)-c1cc(C(C)(C)C)cc(-c3ccccc3)c1N1c3cc(-n4c5ccccc5c5ccc6c7ccccc7sc6c54)ccc3B3c4ccc(-n5c6ccccc6c6ccc7c8ccccc8sc7c65)cc4N2c2cc(C(C)(C)C)cc1c23. The normalized spacial score (nSPS) is 13.2. The van der Waals surface area contributed by atoms with E-state index in [0.717, 1.165) is 134 Å². The number of fused-ring (bicyclic) bond motifs is 34. The summed E-state index contributed by atoms with van der Waals surface area (Å²) in [5.74, 6) is 0. The van der Waals surface area contributed by atoms with Crippen LogP contribution in [0.3, 0.4) is 0 Å². The van der Waals surface area contributed by atoms with Crippen LogP contribution in [-0.4, -0.2) is 15.8 Å². The Hall–Kier alpha value is -13.8. The zero-order valence-corrected chi connectivity index (χ0v) is 71.1. The summed E-state index contributed by atoms with van der Waals surface area (Å²) in [7, 11) is 0. The summed E-state index contributed by atoms with van der Waals surface area (Å²) in [5, 5.41) is 12.2. The van der Waals surface area contributed by atoms with Gasteiger partial charge in [0.15, 0.2) is 0 Å². The molecule has 0 N–H and O–H groups in total. The van der Waals surface area contributed by atoms with Crippen LogP contribution in [0.2, 0.25) is 0 Å². The third kappa shape index (κ3) is 10.5. The standard InChI is InChI=1S/C114H83BN4OS2/c1-112(2,3)74-58-87(66-26-12-10-13-27-66)106-89(60-74)72-32-24-30-68(54-72)70-42-52-101-91(56-70)92-57-71(43-53-102(92)120-101)69-31-25-33-73(55-69)90-61-75(113(4,5)6)59-88(67-28-14-11-15-29-67)107(90)119-98-65-78(117-96-39-21-17-35-80(96)84-47-49-86-82-37-19-23-41-104(82)122-111(86)109(84)117)45-51-94(98)115-93-50-44-77(64-97(93)118(106)99-62-76(114(7,8)9)63-100(119)105(99)115)116-95-38-20-16-34-79(95)83-46-48-85-81-36-18-22-40-103(81)121-110(85)108(83)116/h10-65H,1-9H3. The molecule has 580 valence electrons. The summed E-state index contributed by atoms with van der Waals surface area (Å²) in [5.41, 5.74) is 35.4. The number of benzene rings is 17. The van der Waals surface area contributed by atoms with E-state index in [1.165, 1.54) is 117 Å². The van der Waals surface area contributed by atoms with E-state index in [9.17, 15) is 0 Å². The molecule has 122 heavy (non-hydrogen) atoms. The molecular formula is C114H83BN4OS2. The second kappa shape index (κ2) is 25.9. The van der Waals surface area contributed by atoms with Crippen LogP contribution in [0.15, 0.2) is 344 Å². The molecule has 0 unspecified atom stereocenters. The van der Waals surface area contributed by atoms with Gasteiger partial charge in [0.25, 0.3) is 6.71 Å². The Morgan fingerprint density at radius 2 is 0.623 bits per heavy atom. The first-order valence-corrected chi connectivity index (χ1v) is 44.4. The number of aromatic nitrogens is 2. The average molecular weight is 1600 g/mol. The number of hydrogen-bond donors (Lipinski definition) is 0. The molecular weight excluding hydrogens is 1520 g/mol. The Morgan fingerprint density at radius 1 is 0.262 bits per heavy atom. The molecule has 25 rings (SSSR count). The van der Waals surface area contributed by atoms with Crippen molar-refractivity contribution in [2.75, 3.05) is 9.80 Å². The summed E-state index contributed by atoms with van der Waals surface area (Å²) < 4.78 is 17.2. The van der Waals surface area contributed by atoms with Gasteiger partial charge in [-0.1, -0.05) is 281 Å². The number of nitrogens with zero attached hydrogens (tertiary/aromatic N) is 4. The van der Waals surface area contributed by atoms with Gasteiger partial charge in [-0.05, 0) is 215 Å². The van der Waals surface area contributed by atoms with Crippen LogP contribution >= 0.6 is 22.7 Å². The molecule has 0 fully saturated rings. The molecule has 8 heteroatoms. The molecule has 8 heterocycles. The molecule has 5 nitrogen and oxygen atoms in total. The topological polar surface area (TPSA) is 29.5 Å². The van der Waals surface area contributed by atoms with Crippen molar-refractivity contribution >= 4 is 186 Å². The lowest BCUT2D eigenvalue weighted by Crippen LogP contribution is -2.61. The van der Waals surface area contributed by atoms with E-state index in [-0.39, 0.29) is 17.5 Å². The van der Waals surface area contributed by atoms with E-state index >= 15 is 0 Å². The van der Waals surface area contributed by atoms with E-state index in [0.29, 0.717) is 0 Å². The largest absolute Gasteiger partial charge is 0.456 e.